The molecule has 0 aliphatic carbocycles. The van der Waals surface area contributed by atoms with Gasteiger partial charge < -0.3 is 35.8 Å². The molecule has 1 aliphatic rings. The van der Waals surface area contributed by atoms with Crippen molar-refractivity contribution in [3.63, 3.8) is 0 Å². The molecule has 0 saturated carbocycles. The Morgan fingerprint density at radius 2 is 1.74 bits per heavy atom. The average Bonchev–Trinajstić information content (AvgIpc) is 3.71. The topological polar surface area (TPSA) is 190 Å². The normalized spacial score (nSPS) is 17.1. The maximum atomic E-state index is 14.9. The largest absolute Gasteiger partial charge is 0.481 e. The van der Waals surface area contributed by atoms with E-state index in [-0.39, 0.29) is 54.8 Å². The van der Waals surface area contributed by atoms with Crippen molar-refractivity contribution in [1.82, 2.24) is 25.4 Å². The number of aromatic nitrogens is 1. The zero-order valence-electron chi connectivity index (χ0n) is 38.1. The third kappa shape index (κ3) is 16.0. The van der Waals surface area contributed by atoms with E-state index in [1.165, 1.54) is 18.3 Å². The van der Waals surface area contributed by atoms with Gasteiger partial charge >= 0.3 is 11.9 Å². The molecule has 1 aromatic heterocycles. The highest BCUT2D eigenvalue weighted by molar-refractivity contribution is 7.09. The number of piperidine rings is 1. The molecule has 0 spiro atoms. The Labute approximate surface area is 368 Å². The van der Waals surface area contributed by atoms with Crippen LogP contribution in [0.4, 0.5) is 5.69 Å². The summed E-state index contributed by atoms with van der Waals surface area (Å²) in [5.74, 6) is -2.46. The Hall–Kier alpha value is -4.08. The predicted molar refractivity (Wildman–Crippen MR) is 240 cm³/mol. The van der Waals surface area contributed by atoms with Crippen molar-refractivity contribution >= 4 is 46.7 Å². The molecule has 1 aromatic carbocycles. The summed E-state index contributed by atoms with van der Waals surface area (Å²) in [7, 11) is 1.96. The van der Waals surface area contributed by atoms with Gasteiger partial charge in [0.1, 0.15) is 16.7 Å². The number of unbranched alkanes of at least 4 members (excludes halogenated alkanes) is 3. The van der Waals surface area contributed by atoms with Crippen molar-refractivity contribution in [2.75, 3.05) is 38.6 Å². The number of aliphatic hydroxyl groups is 1. The molecule has 3 rings (SSSR count). The van der Waals surface area contributed by atoms with Crippen LogP contribution in [0.1, 0.15) is 147 Å². The zero-order chi connectivity index (χ0) is 45.3. The number of nitrogens with one attached hydrogen (secondary N) is 3. The number of ether oxygens (including phenoxy) is 1. The number of aliphatic hydroxyl groups excluding tert-OH is 1. The Kier molecular flexibility index (Phi) is 21.1. The van der Waals surface area contributed by atoms with Crippen LogP contribution in [-0.4, -0.2) is 112 Å². The summed E-state index contributed by atoms with van der Waals surface area (Å²) < 4.78 is 5.93. The number of likely N-dealkylation sites (tertiary alicyclic amines) is 1. The number of hydrogen-bond donors (Lipinski definition) is 5. The van der Waals surface area contributed by atoms with Crippen molar-refractivity contribution in [3.8, 4) is 0 Å². The van der Waals surface area contributed by atoms with Crippen LogP contribution in [-0.2, 0) is 30.3 Å². The van der Waals surface area contributed by atoms with E-state index in [1.54, 1.807) is 19.2 Å². The van der Waals surface area contributed by atoms with Crippen molar-refractivity contribution in [1.29, 1.82) is 0 Å². The van der Waals surface area contributed by atoms with Gasteiger partial charge in [-0.3, -0.25) is 28.9 Å². The van der Waals surface area contributed by atoms with Gasteiger partial charge in [0.2, 0.25) is 11.8 Å². The zero-order valence-corrected chi connectivity index (χ0v) is 38.9. The van der Waals surface area contributed by atoms with Crippen LogP contribution in [0.25, 0.3) is 0 Å². The van der Waals surface area contributed by atoms with Gasteiger partial charge in [0, 0.05) is 49.6 Å². The smallest absolute Gasteiger partial charge is 0.309 e. The third-order valence-corrected chi connectivity index (χ3v) is 12.8. The monoisotopic (exact) mass is 871 g/mol. The van der Waals surface area contributed by atoms with Gasteiger partial charge in [-0.15, -0.1) is 11.3 Å². The van der Waals surface area contributed by atoms with E-state index in [1.807, 2.05) is 63.9 Å². The SMILES string of the molecule is CCCCCCN(C(=O)[C@@H](NC(=O)[C@H]1CCCCN1C)[C@@H](C)CC)[C@H](C[C@@H](OC(C)=O)c1nc(C(=O)N[C@@H](Cc2ccc(NCCO)cc2)CC(C)(C)C(=O)O)cs1)C(C)C. The molecular weight excluding hydrogens is 797 g/mol. The second-order valence-corrected chi connectivity index (χ2v) is 18.7. The van der Waals surface area contributed by atoms with E-state index in [0.717, 1.165) is 62.7 Å². The fraction of sp³-hybridized carbons (Fsp3) is 0.696. The lowest BCUT2D eigenvalue weighted by molar-refractivity contribution is -0.150. The van der Waals surface area contributed by atoms with Crippen LogP contribution in [0.2, 0.25) is 0 Å². The molecule has 2 heterocycles. The van der Waals surface area contributed by atoms with Gasteiger partial charge in [0.05, 0.1) is 18.1 Å². The highest BCUT2D eigenvalue weighted by Crippen LogP contribution is 2.32. The highest BCUT2D eigenvalue weighted by Gasteiger charge is 2.39. The second kappa shape index (κ2) is 25.1. The van der Waals surface area contributed by atoms with E-state index in [0.29, 0.717) is 30.9 Å². The highest BCUT2D eigenvalue weighted by atomic mass is 32.1. The van der Waals surface area contributed by atoms with Crippen LogP contribution in [0.15, 0.2) is 29.6 Å². The summed E-state index contributed by atoms with van der Waals surface area (Å²) in [6.07, 6.45) is 7.10. The maximum absolute atomic E-state index is 14.9. The van der Waals surface area contributed by atoms with Crippen molar-refractivity contribution in [3.05, 3.63) is 45.9 Å². The average molecular weight is 871 g/mol. The molecular formula is C46H74N6O8S. The van der Waals surface area contributed by atoms with E-state index in [4.69, 9.17) is 14.8 Å². The van der Waals surface area contributed by atoms with Gasteiger partial charge in [0.25, 0.3) is 5.91 Å². The molecule has 3 amide bonds. The molecule has 0 bridgehead atoms. The number of carboxylic acid groups (broad SMARTS) is 1. The number of carbonyl (C=O) groups is 5. The third-order valence-electron chi connectivity index (χ3n) is 11.9. The molecule has 0 unspecified atom stereocenters. The molecule has 14 nitrogen and oxygen atoms in total. The molecule has 342 valence electrons. The number of amides is 3. The lowest BCUT2D eigenvalue weighted by atomic mass is 9.84. The van der Waals surface area contributed by atoms with Crippen molar-refractivity contribution in [2.45, 2.75) is 156 Å². The summed E-state index contributed by atoms with van der Waals surface area (Å²) >= 11 is 1.19. The molecule has 1 aliphatic heterocycles. The number of benzene rings is 1. The first-order valence-corrected chi connectivity index (χ1v) is 23.2. The summed E-state index contributed by atoms with van der Waals surface area (Å²) in [4.78, 5) is 76.0. The van der Waals surface area contributed by atoms with Gasteiger partial charge in [-0.25, -0.2) is 4.98 Å². The van der Waals surface area contributed by atoms with E-state index < -0.39 is 47.5 Å². The Balaban J connectivity index is 1.93. The number of nitrogens with zero attached hydrogens (tertiary/aromatic N) is 3. The Morgan fingerprint density at radius 1 is 1.03 bits per heavy atom. The van der Waals surface area contributed by atoms with Crippen LogP contribution in [0, 0.1) is 17.3 Å². The van der Waals surface area contributed by atoms with Crippen LogP contribution in [0.5, 0.6) is 0 Å². The van der Waals surface area contributed by atoms with Crippen molar-refractivity contribution < 1.29 is 38.9 Å². The first kappa shape index (κ1) is 51.3. The molecule has 1 fully saturated rings. The number of rotatable bonds is 26. The Morgan fingerprint density at radius 3 is 2.33 bits per heavy atom. The number of aliphatic carboxylic acids is 1. The Bertz CT molecular complexity index is 1700. The second-order valence-electron chi connectivity index (χ2n) is 17.8. The molecule has 61 heavy (non-hydrogen) atoms. The van der Waals surface area contributed by atoms with E-state index >= 15 is 0 Å². The number of carboxylic acids is 1. The quantitative estimate of drug-likeness (QED) is 0.0492. The molecule has 6 atom stereocenters. The van der Waals surface area contributed by atoms with Gasteiger partial charge in [0.15, 0.2) is 6.10 Å². The minimum absolute atomic E-state index is 0.00599. The van der Waals surface area contributed by atoms with E-state index in [2.05, 4.69) is 27.8 Å². The van der Waals surface area contributed by atoms with E-state index in [9.17, 15) is 29.1 Å². The first-order valence-electron chi connectivity index (χ1n) is 22.3. The molecule has 1 saturated heterocycles. The predicted octanol–water partition coefficient (Wildman–Crippen LogP) is 6.83. The summed E-state index contributed by atoms with van der Waals surface area (Å²) in [6.45, 7) is 16.5. The van der Waals surface area contributed by atoms with Crippen LogP contribution in [0.3, 0.4) is 0 Å². The van der Waals surface area contributed by atoms with Crippen molar-refractivity contribution in [2.24, 2.45) is 17.3 Å². The van der Waals surface area contributed by atoms with Gasteiger partial charge in [-0.1, -0.05) is 78.9 Å². The number of carbonyl (C=O) groups excluding carboxylic acids is 4. The standard InChI is InChI=1S/C46H74N6O8S/c1-10-12-13-15-24-52(44(57)40(31(5)11-2)50-42(56)37-17-14-16-23-51(37)9)38(30(3)4)27-39(60-32(6)54)43-49-36(29-61-43)41(55)48-35(28-46(7,8)45(58)59)26-33-18-20-34(21-19-33)47-22-25-53/h18-21,29-31,35,37-40,47,53H,10-17,22-28H2,1-9H3,(H,48,55)(H,50,56)(H,58,59)/t31-,35-,37+,38+,39+,40-/m0/s1. The number of esters is 1. The summed E-state index contributed by atoms with van der Waals surface area (Å²) in [5, 5.41) is 30.4. The molecule has 0 radical (unpaired) electrons. The molecule has 2 aromatic rings. The van der Waals surface area contributed by atoms with Gasteiger partial charge in [-0.2, -0.15) is 0 Å². The number of anilines is 1. The lowest BCUT2D eigenvalue weighted by Gasteiger charge is -2.40. The van der Waals surface area contributed by atoms with Crippen LogP contribution >= 0.6 is 11.3 Å². The number of likely N-dealkylation sites (N-methyl/N-ethyl adjacent to an activating group) is 1. The first-order chi connectivity index (χ1) is 28.9. The minimum Gasteiger partial charge on any atom is -0.481 e. The number of thiazole rings is 1. The molecule has 5 N–H and O–H groups in total. The summed E-state index contributed by atoms with van der Waals surface area (Å²) in [5.41, 5.74) is 0.692. The summed E-state index contributed by atoms with van der Waals surface area (Å²) in [6, 6.07) is 5.56. The lowest BCUT2D eigenvalue weighted by Crippen LogP contribution is -2.59. The maximum Gasteiger partial charge on any atom is 0.309 e. The van der Waals surface area contributed by atoms with Crippen LogP contribution < -0.4 is 16.0 Å². The molecule has 15 heteroatoms. The minimum atomic E-state index is -1.14. The number of hydrogen-bond acceptors (Lipinski definition) is 11. The fourth-order valence-electron chi connectivity index (χ4n) is 7.96. The van der Waals surface area contributed by atoms with Gasteiger partial charge in [-0.05, 0) is 89.1 Å². The fourth-order valence-corrected chi connectivity index (χ4v) is 8.80.